The number of aliphatic hydroxyl groups excluding tert-OH is 1. The summed E-state index contributed by atoms with van der Waals surface area (Å²) in [4.78, 5) is 17.5. The van der Waals surface area contributed by atoms with Crippen LogP contribution in [-0.4, -0.2) is 54.8 Å². The fourth-order valence-corrected chi connectivity index (χ4v) is 3.39. The van der Waals surface area contributed by atoms with Gasteiger partial charge < -0.3 is 10.0 Å². The Bertz CT molecular complexity index is 569. The molecule has 2 heterocycles. The Morgan fingerprint density at radius 2 is 2.42 bits per heavy atom. The molecule has 0 saturated carbocycles. The summed E-state index contributed by atoms with van der Waals surface area (Å²) in [6, 6.07) is 0. The molecule has 1 aromatic heterocycles. The van der Waals surface area contributed by atoms with Gasteiger partial charge >= 0.3 is 0 Å². The van der Waals surface area contributed by atoms with Crippen LogP contribution in [0.3, 0.4) is 0 Å². The number of carbonyl (C=O) groups is 1. The van der Waals surface area contributed by atoms with Crippen LogP contribution in [0.5, 0.6) is 0 Å². The smallest absolute Gasteiger partial charge is 0.231 e. The molecule has 0 aromatic carbocycles. The van der Waals surface area contributed by atoms with Gasteiger partial charge in [0.15, 0.2) is 5.13 Å². The molecule has 7 nitrogen and oxygen atoms in total. The number of nitrogens with zero attached hydrogens (tertiary/aromatic N) is 2. The van der Waals surface area contributed by atoms with Gasteiger partial charge in [-0.05, 0) is 6.42 Å². The lowest BCUT2D eigenvalue weighted by atomic mass is 10.3. The van der Waals surface area contributed by atoms with Crippen molar-refractivity contribution in [3.63, 3.8) is 0 Å². The summed E-state index contributed by atoms with van der Waals surface area (Å²) >= 11 is 1.14. The summed E-state index contributed by atoms with van der Waals surface area (Å²) in [7, 11) is -3.35. The summed E-state index contributed by atoms with van der Waals surface area (Å²) in [5.41, 5.74) is 0.530. The Hall–Kier alpha value is -1.19. The standard InChI is InChI=1S/C10H15N3O4S2/c1-19(16,17)12-10-11-7(6-18-10)4-9(15)13-3-2-8(14)5-13/h6,8,14H,2-5H2,1H3,(H,11,12)/t8-/m0/s1. The van der Waals surface area contributed by atoms with Gasteiger partial charge in [-0.25, -0.2) is 13.4 Å². The summed E-state index contributed by atoms with van der Waals surface area (Å²) in [5, 5.41) is 11.3. The zero-order valence-corrected chi connectivity index (χ0v) is 12.0. The van der Waals surface area contributed by atoms with Crippen LogP contribution in [0, 0.1) is 0 Å². The molecule has 1 fully saturated rings. The Labute approximate surface area is 115 Å². The van der Waals surface area contributed by atoms with Gasteiger partial charge in [-0.15, -0.1) is 11.3 Å². The molecule has 106 valence electrons. The highest BCUT2D eigenvalue weighted by atomic mass is 32.2. The minimum Gasteiger partial charge on any atom is -0.391 e. The second kappa shape index (κ2) is 5.43. The van der Waals surface area contributed by atoms with Crippen LogP contribution in [0.2, 0.25) is 0 Å². The quantitative estimate of drug-likeness (QED) is 0.792. The van der Waals surface area contributed by atoms with E-state index >= 15 is 0 Å². The van der Waals surface area contributed by atoms with Gasteiger partial charge in [0.1, 0.15) is 0 Å². The first-order valence-electron chi connectivity index (χ1n) is 5.71. The number of anilines is 1. The van der Waals surface area contributed by atoms with Gasteiger partial charge in [0.05, 0.1) is 24.5 Å². The number of likely N-dealkylation sites (tertiary alicyclic amines) is 1. The largest absolute Gasteiger partial charge is 0.391 e. The normalized spacial score (nSPS) is 19.7. The zero-order chi connectivity index (χ0) is 14.0. The van der Waals surface area contributed by atoms with Crippen molar-refractivity contribution in [1.82, 2.24) is 9.88 Å². The van der Waals surface area contributed by atoms with Crippen LogP contribution in [0.4, 0.5) is 5.13 Å². The first-order chi connectivity index (χ1) is 8.83. The van der Waals surface area contributed by atoms with Crippen molar-refractivity contribution < 1.29 is 18.3 Å². The van der Waals surface area contributed by atoms with Gasteiger partial charge in [0, 0.05) is 18.5 Å². The Balaban J connectivity index is 1.94. The molecular formula is C10H15N3O4S2. The number of β-amino-alcohol motifs (C(OH)–C–C–N with tert-alkyl or cyclic N) is 1. The van der Waals surface area contributed by atoms with Gasteiger partial charge in [-0.2, -0.15) is 0 Å². The maximum Gasteiger partial charge on any atom is 0.231 e. The molecule has 1 aliphatic heterocycles. The van der Waals surface area contributed by atoms with Gasteiger partial charge in [-0.1, -0.05) is 0 Å². The van der Waals surface area contributed by atoms with E-state index in [0.29, 0.717) is 25.2 Å². The predicted molar refractivity (Wildman–Crippen MR) is 71.5 cm³/mol. The maximum absolute atomic E-state index is 11.9. The number of nitrogens with one attached hydrogen (secondary N) is 1. The van der Waals surface area contributed by atoms with E-state index in [4.69, 9.17) is 0 Å². The number of aliphatic hydroxyl groups is 1. The fraction of sp³-hybridized carbons (Fsp3) is 0.600. The monoisotopic (exact) mass is 305 g/mol. The van der Waals surface area contributed by atoms with Crippen molar-refractivity contribution in [2.24, 2.45) is 0 Å². The molecule has 2 rings (SSSR count). The predicted octanol–water partition coefficient (Wildman–Crippen LogP) is -0.350. The van der Waals surface area contributed by atoms with Crippen LogP contribution in [-0.2, 0) is 21.2 Å². The van der Waals surface area contributed by atoms with Crippen molar-refractivity contribution in [2.45, 2.75) is 18.9 Å². The van der Waals surface area contributed by atoms with Crippen molar-refractivity contribution in [3.8, 4) is 0 Å². The number of rotatable bonds is 4. The molecule has 1 atom stereocenters. The highest BCUT2D eigenvalue weighted by molar-refractivity contribution is 7.92. The Morgan fingerprint density at radius 1 is 1.68 bits per heavy atom. The van der Waals surface area contributed by atoms with E-state index in [1.807, 2.05) is 0 Å². The second-order valence-corrected chi connectivity index (χ2v) is 7.08. The number of carbonyl (C=O) groups excluding carboxylic acids is 1. The molecule has 1 saturated heterocycles. The molecule has 1 aromatic rings. The van der Waals surface area contributed by atoms with Gasteiger partial charge in [0.2, 0.25) is 15.9 Å². The lowest BCUT2D eigenvalue weighted by molar-refractivity contribution is -0.129. The topological polar surface area (TPSA) is 99.6 Å². The molecule has 1 amide bonds. The number of sulfonamides is 1. The number of thiazole rings is 1. The van der Waals surface area contributed by atoms with Crippen LogP contribution < -0.4 is 4.72 Å². The lowest BCUT2D eigenvalue weighted by Crippen LogP contribution is -2.30. The Morgan fingerprint density at radius 3 is 3.00 bits per heavy atom. The first-order valence-corrected chi connectivity index (χ1v) is 8.48. The molecule has 19 heavy (non-hydrogen) atoms. The SMILES string of the molecule is CS(=O)(=O)Nc1nc(CC(=O)N2CC[C@H](O)C2)cs1. The van der Waals surface area contributed by atoms with E-state index in [1.165, 1.54) is 0 Å². The third-order valence-electron chi connectivity index (χ3n) is 2.67. The summed E-state index contributed by atoms with van der Waals surface area (Å²) in [6.45, 7) is 0.913. The van der Waals surface area contributed by atoms with E-state index < -0.39 is 16.1 Å². The van der Waals surface area contributed by atoms with Crippen LogP contribution in [0.15, 0.2) is 5.38 Å². The van der Waals surface area contributed by atoms with Crippen LogP contribution in [0.1, 0.15) is 12.1 Å². The van der Waals surface area contributed by atoms with Crippen LogP contribution >= 0.6 is 11.3 Å². The molecule has 0 radical (unpaired) electrons. The minimum atomic E-state index is -3.35. The third kappa shape index (κ3) is 4.15. The third-order valence-corrected chi connectivity index (χ3v) is 4.17. The van der Waals surface area contributed by atoms with Crippen molar-refractivity contribution in [1.29, 1.82) is 0 Å². The van der Waals surface area contributed by atoms with E-state index in [0.717, 1.165) is 17.6 Å². The fourth-order valence-electron chi connectivity index (χ4n) is 1.83. The average molecular weight is 305 g/mol. The van der Waals surface area contributed by atoms with Crippen molar-refractivity contribution in [3.05, 3.63) is 11.1 Å². The van der Waals surface area contributed by atoms with Gasteiger partial charge in [0.25, 0.3) is 0 Å². The molecule has 2 N–H and O–H groups in total. The number of hydrogen-bond donors (Lipinski definition) is 2. The first kappa shape index (κ1) is 14.2. The van der Waals surface area contributed by atoms with E-state index in [2.05, 4.69) is 9.71 Å². The zero-order valence-electron chi connectivity index (χ0n) is 10.4. The van der Waals surface area contributed by atoms with Crippen molar-refractivity contribution >= 4 is 32.4 Å². The Kier molecular flexibility index (Phi) is 4.07. The molecule has 1 aliphatic rings. The van der Waals surface area contributed by atoms with Crippen LogP contribution in [0.25, 0.3) is 0 Å². The highest BCUT2D eigenvalue weighted by Gasteiger charge is 2.24. The van der Waals surface area contributed by atoms with E-state index in [-0.39, 0.29) is 17.5 Å². The number of aromatic nitrogens is 1. The average Bonchev–Trinajstić information content (AvgIpc) is 2.85. The molecule has 0 bridgehead atoms. The molecular weight excluding hydrogens is 290 g/mol. The summed E-state index contributed by atoms with van der Waals surface area (Å²) in [5.74, 6) is -0.104. The molecule has 0 aliphatic carbocycles. The lowest BCUT2D eigenvalue weighted by Gasteiger charge is -2.14. The van der Waals surface area contributed by atoms with Gasteiger partial charge in [-0.3, -0.25) is 9.52 Å². The molecule has 0 unspecified atom stereocenters. The second-order valence-electron chi connectivity index (χ2n) is 4.48. The minimum absolute atomic E-state index is 0.104. The van der Waals surface area contributed by atoms with E-state index in [9.17, 15) is 18.3 Å². The van der Waals surface area contributed by atoms with E-state index in [1.54, 1.807) is 10.3 Å². The maximum atomic E-state index is 11.9. The number of amides is 1. The highest BCUT2D eigenvalue weighted by Crippen LogP contribution is 2.18. The molecule has 9 heteroatoms. The summed E-state index contributed by atoms with van der Waals surface area (Å²) in [6.07, 6.45) is 1.32. The summed E-state index contributed by atoms with van der Waals surface area (Å²) < 4.78 is 24.3. The molecule has 0 spiro atoms. The van der Waals surface area contributed by atoms with Crippen molar-refractivity contribution in [2.75, 3.05) is 24.1 Å². The number of hydrogen-bond acceptors (Lipinski definition) is 6.